The van der Waals surface area contributed by atoms with E-state index in [9.17, 15) is 9.59 Å². The van der Waals surface area contributed by atoms with Crippen LogP contribution in [-0.2, 0) is 11.3 Å². The minimum absolute atomic E-state index is 0.0555. The molecule has 0 bridgehead atoms. The van der Waals surface area contributed by atoms with Gasteiger partial charge in [-0.25, -0.2) is 0 Å². The second-order valence-corrected chi connectivity index (χ2v) is 7.51. The highest BCUT2D eigenvalue weighted by molar-refractivity contribution is 7.99. The third kappa shape index (κ3) is 5.13. The van der Waals surface area contributed by atoms with E-state index in [-0.39, 0.29) is 17.4 Å². The van der Waals surface area contributed by atoms with Crippen molar-refractivity contribution >= 4 is 40.7 Å². The summed E-state index contributed by atoms with van der Waals surface area (Å²) in [5.74, 6) is 0.498. The van der Waals surface area contributed by atoms with Crippen LogP contribution >= 0.6 is 23.4 Å². The minimum atomic E-state index is -0.205. The van der Waals surface area contributed by atoms with Crippen LogP contribution in [0.2, 0.25) is 5.02 Å². The maximum absolute atomic E-state index is 12.4. The fourth-order valence-corrected chi connectivity index (χ4v) is 3.64. The Kier molecular flexibility index (Phi) is 6.85. The molecule has 1 heterocycles. The molecule has 0 aliphatic carbocycles. The number of Topliss-reactive ketones (excluding diaryl/α,β-unsaturated/α-hetero) is 1. The number of benzene rings is 2. The van der Waals surface area contributed by atoms with Crippen molar-refractivity contribution in [2.24, 2.45) is 0 Å². The number of nitrogens with one attached hydrogen (secondary N) is 1. The SMILES string of the molecule is C=CCn1c(SCC(=O)Nc2cccc(C(C)=O)c2)nnc1-c1ccccc1Cl. The van der Waals surface area contributed by atoms with Crippen LogP contribution in [0.15, 0.2) is 66.3 Å². The van der Waals surface area contributed by atoms with Gasteiger partial charge in [0, 0.05) is 23.4 Å². The Balaban J connectivity index is 1.73. The van der Waals surface area contributed by atoms with Crippen LogP contribution in [0.5, 0.6) is 0 Å². The summed E-state index contributed by atoms with van der Waals surface area (Å²) in [6.45, 7) is 5.75. The van der Waals surface area contributed by atoms with Crippen molar-refractivity contribution in [3.63, 3.8) is 0 Å². The van der Waals surface area contributed by atoms with Gasteiger partial charge < -0.3 is 5.32 Å². The van der Waals surface area contributed by atoms with Gasteiger partial charge in [0.15, 0.2) is 16.8 Å². The molecule has 0 unspecified atom stereocenters. The fourth-order valence-electron chi connectivity index (χ4n) is 2.67. The van der Waals surface area contributed by atoms with E-state index in [1.165, 1.54) is 18.7 Å². The quantitative estimate of drug-likeness (QED) is 0.320. The number of anilines is 1. The zero-order valence-corrected chi connectivity index (χ0v) is 17.3. The number of amides is 1. The maximum Gasteiger partial charge on any atom is 0.234 e. The number of aromatic nitrogens is 3. The summed E-state index contributed by atoms with van der Waals surface area (Å²) in [7, 11) is 0. The van der Waals surface area contributed by atoms with Crippen molar-refractivity contribution in [1.82, 2.24) is 14.8 Å². The van der Waals surface area contributed by atoms with Crippen molar-refractivity contribution < 1.29 is 9.59 Å². The lowest BCUT2D eigenvalue weighted by molar-refractivity contribution is -0.113. The molecule has 0 spiro atoms. The molecule has 2 aromatic carbocycles. The molecular weight excluding hydrogens is 408 g/mol. The van der Waals surface area contributed by atoms with E-state index in [2.05, 4.69) is 22.1 Å². The Morgan fingerprint density at radius 2 is 2.00 bits per heavy atom. The molecule has 0 atom stereocenters. The average Bonchev–Trinajstić information content (AvgIpc) is 3.10. The van der Waals surface area contributed by atoms with E-state index in [0.29, 0.717) is 33.8 Å². The Morgan fingerprint density at radius 1 is 1.21 bits per heavy atom. The Labute approximate surface area is 178 Å². The monoisotopic (exact) mass is 426 g/mol. The number of carbonyl (C=O) groups excluding carboxylic acids is 2. The first kappa shape index (κ1) is 20.8. The van der Waals surface area contributed by atoms with Crippen molar-refractivity contribution in [2.75, 3.05) is 11.1 Å². The number of carbonyl (C=O) groups is 2. The molecule has 8 heteroatoms. The lowest BCUT2D eigenvalue weighted by Gasteiger charge is -2.09. The molecule has 1 amide bonds. The van der Waals surface area contributed by atoms with Gasteiger partial charge >= 0.3 is 0 Å². The van der Waals surface area contributed by atoms with Gasteiger partial charge in [0.2, 0.25) is 5.91 Å². The zero-order valence-electron chi connectivity index (χ0n) is 15.8. The number of nitrogens with zero attached hydrogens (tertiary/aromatic N) is 3. The van der Waals surface area contributed by atoms with E-state index >= 15 is 0 Å². The topological polar surface area (TPSA) is 76.9 Å². The highest BCUT2D eigenvalue weighted by Crippen LogP contribution is 2.29. The zero-order chi connectivity index (χ0) is 20.8. The summed E-state index contributed by atoms with van der Waals surface area (Å²) < 4.78 is 1.86. The van der Waals surface area contributed by atoms with E-state index in [1.54, 1.807) is 36.4 Å². The van der Waals surface area contributed by atoms with Crippen LogP contribution < -0.4 is 5.32 Å². The van der Waals surface area contributed by atoms with Crippen LogP contribution in [0.4, 0.5) is 5.69 Å². The molecule has 29 heavy (non-hydrogen) atoms. The van der Waals surface area contributed by atoms with Gasteiger partial charge in [-0.15, -0.1) is 16.8 Å². The Morgan fingerprint density at radius 3 is 2.72 bits per heavy atom. The highest BCUT2D eigenvalue weighted by Gasteiger charge is 2.17. The summed E-state index contributed by atoms with van der Waals surface area (Å²) in [6, 6.07) is 14.2. The van der Waals surface area contributed by atoms with Gasteiger partial charge in [0.1, 0.15) is 0 Å². The summed E-state index contributed by atoms with van der Waals surface area (Å²) in [4.78, 5) is 23.8. The third-order valence-electron chi connectivity index (χ3n) is 4.03. The predicted molar refractivity (Wildman–Crippen MR) is 116 cm³/mol. The van der Waals surface area contributed by atoms with Gasteiger partial charge in [0.05, 0.1) is 10.8 Å². The lowest BCUT2D eigenvalue weighted by Crippen LogP contribution is -2.15. The summed E-state index contributed by atoms with van der Waals surface area (Å²) in [6.07, 6.45) is 1.74. The smallest absolute Gasteiger partial charge is 0.234 e. The number of halogens is 1. The van der Waals surface area contributed by atoms with Crippen molar-refractivity contribution in [1.29, 1.82) is 0 Å². The van der Waals surface area contributed by atoms with E-state index < -0.39 is 0 Å². The number of hydrogen-bond acceptors (Lipinski definition) is 5. The van der Waals surface area contributed by atoms with Gasteiger partial charge in [-0.2, -0.15) is 0 Å². The second-order valence-electron chi connectivity index (χ2n) is 6.16. The van der Waals surface area contributed by atoms with Crippen molar-refractivity contribution in [2.45, 2.75) is 18.6 Å². The molecule has 1 aromatic heterocycles. The molecule has 3 aromatic rings. The molecule has 3 rings (SSSR count). The van der Waals surface area contributed by atoms with E-state index in [4.69, 9.17) is 11.6 Å². The number of thioether (sulfide) groups is 1. The van der Waals surface area contributed by atoms with Crippen LogP contribution in [-0.4, -0.2) is 32.2 Å². The average molecular weight is 427 g/mol. The summed E-state index contributed by atoms with van der Waals surface area (Å²) in [5.41, 5.74) is 1.89. The predicted octanol–water partition coefficient (Wildman–Crippen LogP) is 4.72. The third-order valence-corrected chi connectivity index (χ3v) is 5.32. The van der Waals surface area contributed by atoms with Gasteiger partial charge in [0.25, 0.3) is 0 Å². The van der Waals surface area contributed by atoms with Crippen molar-refractivity contribution in [3.8, 4) is 11.4 Å². The van der Waals surface area contributed by atoms with Crippen LogP contribution in [0.25, 0.3) is 11.4 Å². The van der Waals surface area contributed by atoms with Gasteiger partial charge in [-0.3, -0.25) is 14.2 Å². The molecular formula is C21H19ClN4O2S. The molecule has 0 aliphatic rings. The molecule has 0 radical (unpaired) electrons. The van der Waals surface area contributed by atoms with Gasteiger partial charge in [-0.05, 0) is 31.2 Å². The number of rotatable bonds is 8. The Bertz CT molecular complexity index is 1060. The molecule has 148 valence electrons. The molecule has 0 aliphatic heterocycles. The van der Waals surface area contributed by atoms with Gasteiger partial charge in [-0.1, -0.05) is 53.7 Å². The lowest BCUT2D eigenvalue weighted by atomic mass is 10.1. The fraction of sp³-hybridized carbons (Fsp3) is 0.143. The normalized spacial score (nSPS) is 10.6. The summed E-state index contributed by atoms with van der Waals surface area (Å²) >= 11 is 7.56. The number of hydrogen-bond donors (Lipinski definition) is 1. The van der Waals surface area contributed by atoms with E-state index in [1.807, 2.05) is 22.8 Å². The van der Waals surface area contributed by atoms with Crippen LogP contribution in [0.3, 0.4) is 0 Å². The largest absolute Gasteiger partial charge is 0.325 e. The number of ketones is 1. The molecule has 6 nitrogen and oxygen atoms in total. The van der Waals surface area contributed by atoms with E-state index in [0.717, 1.165) is 5.56 Å². The van der Waals surface area contributed by atoms with Crippen molar-refractivity contribution in [3.05, 3.63) is 71.8 Å². The number of allylic oxidation sites excluding steroid dienone is 1. The molecule has 0 saturated carbocycles. The maximum atomic E-state index is 12.4. The molecule has 0 fully saturated rings. The first-order chi connectivity index (χ1) is 14.0. The molecule has 0 saturated heterocycles. The first-order valence-electron chi connectivity index (χ1n) is 8.82. The van der Waals surface area contributed by atoms with Crippen LogP contribution in [0.1, 0.15) is 17.3 Å². The second kappa shape index (κ2) is 9.54. The molecule has 1 N–H and O–H groups in total. The minimum Gasteiger partial charge on any atom is -0.325 e. The first-order valence-corrected chi connectivity index (χ1v) is 10.2. The highest BCUT2D eigenvalue weighted by atomic mass is 35.5. The standard InChI is InChI=1S/C21H19ClN4O2S/c1-3-11-26-20(17-9-4-5-10-18(17)22)24-25-21(26)29-13-19(28)23-16-8-6-7-15(12-16)14(2)27/h3-10,12H,1,11,13H2,2H3,(H,23,28). The Hall–Kier alpha value is -2.90. The summed E-state index contributed by atoms with van der Waals surface area (Å²) in [5, 5.41) is 12.4. The van der Waals surface area contributed by atoms with Crippen LogP contribution in [0, 0.1) is 0 Å².